The molecule has 0 aromatic heterocycles. The fraction of sp³-hybridized carbons (Fsp3) is 0. The molecule has 5 nitrogen and oxygen atoms in total. The average molecular weight is 102 g/mol. The molecule has 2 N–H and O–H groups in total. The van der Waals surface area contributed by atoms with Crippen LogP contribution in [0, 0.1) is 5.53 Å². The van der Waals surface area contributed by atoms with E-state index in [0.29, 0.717) is 0 Å². The van der Waals surface area contributed by atoms with Gasteiger partial charge in [-0.1, -0.05) is 5.01 Å². The van der Waals surface area contributed by atoms with Gasteiger partial charge in [-0.2, -0.15) is 5.53 Å². The fourth-order valence-electron chi connectivity index (χ4n) is 0.0805. The SMILES string of the molecule is N=N[NH+](C=O)C=O. The topological polar surface area (TPSA) is 74.8 Å². The van der Waals surface area contributed by atoms with Crippen LogP contribution < -0.4 is 5.01 Å². The van der Waals surface area contributed by atoms with Gasteiger partial charge in [0, 0.05) is 5.22 Å². The molecule has 5 heteroatoms. The van der Waals surface area contributed by atoms with E-state index in [4.69, 9.17) is 5.53 Å². The first-order chi connectivity index (χ1) is 3.35. The second-order valence-electron chi connectivity index (χ2n) is 0.772. The number of amides is 2. The number of imide groups is 1. The predicted molar refractivity (Wildman–Crippen MR) is 18.2 cm³/mol. The van der Waals surface area contributed by atoms with Gasteiger partial charge in [0.25, 0.3) is 0 Å². The van der Waals surface area contributed by atoms with Crippen LogP contribution in [-0.2, 0) is 9.59 Å². The van der Waals surface area contributed by atoms with Crippen LogP contribution in [0.4, 0.5) is 0 Å². The summed E-state index contributed by atoms with van der Waals surface area (Å²) in [5.74, 6) is 0. The zero-order valence-electron chi connectivity index (χ0n) is 3.42. The van der Waals surface area contributed by atoms with E-state index in [1.165, 1.54) is 0 Å². The largest absolute Gasteiger partial charge is 0.334 e. The average Bonchev–Trinajstić information content (AvgIpc) is 1.72. The third-order valence-corrected chi connectivity index (χ3v) is 0.371. The van der Waals surface area contributed by atoms with Crippen LogP contribution in [0.5, 0.6) is 0 Å². The van der Waals surface area contributed by atoms with Crippen LogP contribution in [0.3, 0.4) is 0 Å². The van der Waals surface area contributed by atoms with E-state index in [2.05, 4.69) is 5.22 Å². The molecule has 7 heavy (non-hydrogen) atoms. The molecule has 0 fully saturated rings. The molecule has 0 bridgehead atoms. The lowest BCUT2D eigenvalue weighted by Gasteiger charge is -1.81. The van der Waals surface area contributed by atoms with E-state index < -0.39 is 0 Å². The molecule has 0 aliphatic heterocycles. The van der Waals surface area contributed by atoms with Gasteiger partial charge >= 0.3 is 12.8 Å². The maximum Gasteiger partial charge on any atom is 0.334 e. The summed E-state index contributed by atoms with van der Waals surface area (Å²) in [6.45, 7) is 0. The number of rotatable bonds is 3. The maximum absolute atomic E-state index is 9.49. The highest BCUT2D eigenvalue weighted by molar-refractivity contribution is 5.49. The smallest absolute Gasteiger partial charge is 0.231 e. The highest BCUT2D eigenvalue weighted by atomic mass is 16.2. The Bertz CT molecular complexity index is 71.9. The Kier molecular flexibility index (Phi) is 2.62. The number of carbonyl (C=O) groups excluding carboxylic acids is 2. The highest BCUT2D eigenvalue weighted by Gasteiger charge is 1.96. The number of quaternary nitrogens is 1. The maximum atomic E-state index is 9.49. The molecule has 0 aromatic carbocycles. The lowest BCUT2D eigenvalue weighted by Crippen LogP contribution is -3.05. The van der Waals surface area contributed by atoms with Gasteiger partial charge in [-0.05, 0) is 0 Å². The second-order valence-corrected chi connectivity index (χ2v) is 0.772. The van der Waals surface area contributed by atoms with E-state index >= 15 is 0 Å². The lowest BCUT2D eigenvalue weighted by molar-refractivity contribution is -0.732. The minimum absolute atomic E-state index is 0.222. The number of hydrogen-bond acceptors (Lipinski definition) is 4. The molecule has 38 valence electrons. The van der Waals surface area contributed by atoms with Crippen LogP contribution in [0.25, 0.3) is 0 Å². The van der Waals surface area contributed by atoms with Crippen molar-refractivity contribution in [2.24, 2.45) is 5.22 Å². The molecule has 0 radical (unpaired) electrons. The Balaban J connectivity index is 3.57. The van der Waals surface area contributed by atoms with Crippen LogP contribution in [-0.4, -0.2) is 12.8 Å². The first-order valence-electron chi connectivity index (χ1n) is 1.50. The van der Waals surface area contributed by atoms with Crippen LogP contribution in [0.15, 0.2) is 5.22 Å². The van der Waals surface area contributed by atoms with Crippen molar-refractivity contribution >= 4 is 12.8 Å². The summed E-state index contributed by atoms with van der Waals surface area (Å²) in [7, 11) is 0. The molecule has 0 saturated heterocycles. The van der Waals surface area contributed by atoms with Crippen molar-refractivity contribution in [3.8, 4) is 0 Å². The lowest BCUT2D eigenvalue weighted by atomic mass is 11.1. The first kappa shape index (κ1) is 5.90. The molecule has 0 unspecified atom stereocenters. The predicted octanol–water partition coefficient (Wildman–Crippen LogP) is -1.87. The van der Waals surface area contributed by atoms with Crippen molar-refractivity contribution in [1.29, 1.82) is 5.53 Å². The van der Waals surface area contributed by atoms with Gasteiger partial charge in [0.1, 0.15) is 0 Å². The molecule has 0 rings (SSSR count). The Morgan fingerprint density at radius 2 is 1.86 bits per heavy atom. The summed E-state index contributed by atoms with van der Waals surface area (Å²) >= 11 is 0. The number of carbonyl (C=O) groups is 2. The van der Waals surface area contributed by atoms with Gasteiger partial charge in [-0.15, -0.1) is 0 Å². The van der Waals surface area contributed by atoms with Gasteiger partial charge in [0.05, 0.1) is 0 Å². The summed E-state index contributed by atoms with van der Waals surface area (Å²) < 4.78 is 0. The zero-order valence-corrected chi connectivity index (χ0v) is 3.42. The van der Waals surface area contributed by atoms with E-state index in [-0.39, 0.29) is 17.8 Å². The van der Waals surface area contributed by atoms with E-state index in [1.54, 1.807) is 0 Å². The molecular weight excluding hydrogens is 98.0 g/mol. The van der Waals surface area contributed by atoms with Crippen molar-refractivity contribution in [2.45, 2.75) is 0 Å². The van der Waals surface area contributed by atoms with Crippen molar-refractivity contribution in [2.75, 3.05) is 0 Å². The summed E-state index contributed by atoms with van der Waals surface area (Å²) in [4.78, 5) is 19.0. The van der Waals surface area contributed by atoms with E-state index in [9.17, 15) is 9.59 Å². The van der Waals surface area contributed by atoms with Gasteiger partial charge in [0.15, 0.2) is 0 Å². The third kappa shape index (κ3) is 1.72. The molecule has 0 aromatic rings. The number of hydrogen-bond donors (Lipinski definition) is 2. The van der Waals surface area contributed by atoms with Crippen molar-refractivity contribution < 1.29 is 14.6 Å². The normalized spacial score (nSPS) is 8.14. The Morgan fingerprint density at radius 3 is 1.86 bits per heavy atom. The van der Waals surface area contributed by atoms with Crippen LogP contribution in [0.2, 0.25) is 0 Å². The molecule has 0 spiro atoms. The molecule has 0 saturated carbocycles. The number of nitrogens with one attached hydrogen (secondary N) is 2. The van der Waals surface area contributed by atoms with Gasteiger partial charge in [-0.3, -0.25) is 0 Å². The van der Waals surface area contributed by atoms with Crippen LogP contribution >= 0.6 is 0 Å². The Labute approximate surface area is 39.4 Å². The number of nitrogens with zero attached hydrogens (tertiary/aromatic N) is 1. The second kappa shape index (κ2) is 3.10. The Morgan fingerprint density at radius 1 is 1.43 bits per heavy atom. The molecule has 2 amide bonds. The quantitative estimate of drug-likeness (QED) is 0.249. The van der Waals surface area contributed by atoms with Gasteiger partial charge in [-0.25, -0.2) is 9.59 Å². The van der Waals surface area contributed by atoms with E-state index in [1.807, 2.05) is 0 Å². The molecular formula is C2H4N3O2+. The molecule has 0 heterocycles. The van der Waals surface area contributed by atoms with Crippen LogP contribution in [0.1, 0.15) is 0 Å². The zero-order chi connectivity index (χ0) is 5.70. The van der Waals surface area contributed by atoms with E-state index in [0.717, 1.165) is 0 Å². The monoisotopic (exact) mass is 102 g/mol. The first-order valence-corrected chi connectivity index (χ1v) is 1.50. The van der Waals surface area contributed by atoms with Crippen molar-refractivity contribution in [3.05, 3.63) is 0 Å². The minimum atomic E-state index is -0.389. The summed E-state index contributed by atoms with van der Waals surface area (Å²) in [5, 5.41) is 2.17. The minimum Gasteiger partial charge on any atom is -0.231 e. The molecule has 0 atom stereocenters. The van der Waals surface area contributed by atoms with Crippen molar-refractivity contribution in [3.63, 3.8) is 0 Å². The van der Waals surface area contributed by atoms with Gasteiger partial charge < -0.3 is 0 Å². The summed E-state index contributed by atoms with van der Waals surface area (Å²) in [6.07, 6.45) is 0.444. The summed E-state index contributed by atoms with van der Waals surface area (Å²) in [5.41, 5.74) is 6.09. The highest BCUT2D eigenvalue weighted by Crippen LogP contribution is 1.27. The Hall–Kier alpha value is -1.10. The molecule has 0 aliphatic rings. The summed E-state index contributed by atoms with van der Waals surface area (Å²) in [6, 6.07) is 0. The standard InChI is InChI=1S/C2H3N3O2/c3-4-5(1-6)2-7/h1-3H/p+1. The van der Waals surface area contributed by atoms with Crippen molar-refractivity contribution in [1.82, 2.24) is 0 Å². The van der Waals surface area contributed by atoms with Gasteiger partial charge in [0.2, 0.25) is 0 Å². The molecule has 0 aliphatic carbocycles. The fourth-order valence-corrected chi connectivity index (χ4v) is 0.0805. The third-order valence-electron chi connectivity index (χ3n) is 0.371.